The topological polar surface area (TPSA) is 52.7 Å². The van der Waals surface area contributed by atoms with Gasteiger partial charge in [-0.2, -0.15) is 0 Å². The monoisotopic (exact) mass is 199 g/mol. The molecule has 1 saturated heterocycles. The summed E-state index contributed by atoms with van der Waals surface area (Å²) >= 11 is 0. The lowest BCUT2D eigenvalue weighted by atomic mass is 10.3. The summed E-state index contributed by atoms with van der Waals surface area (Å²) in [4.78, 5) is 25.6. The van der Waals surface area contributed by atoms with Crippen molar-refractivity contribution in [2.75, 3.05) is 26.7 Å². The summed E-state index contributed by atoms with van der Waals surface area (Å²) in [7, 11) is 1.64. The van der Waals surface area contributed by atoms with Crippen molar-refractivity contribution in [1.29, 1.82) is 0 Å². The molecular weight excluding hydrogens is 182 g/mol. The third-order valence-electron chi connectivity index (χ3n) is 2.24. The van der Waals surface area contributed by atoms with Crippen molar-refractivity contribution in [3.63, 3.8) is 0 Å². The van der Waals surface area contributed by atoms with Crippen molar-refractivity contribution < 1.29 is 9.59 Å². The molecule has 80 valence electrons. The van der Waals surface area contributed by atoms with Crippen molar-refractivity contribution in [3.8, 4) is 0 Å². The van der Waals surface area contributed by atoms with Crippen LogP contribution in [0.1, 0.15) is 13.8 Å². The van der Waals surface area contributed by atoms with E-state index in [0.717, 1.165) is 6.54 Å². The predicted octanol–water partition coefficient (Wildman–Crippen LogP) is -0.122. The maximum absolute atomic E-state index is 11.5. The first-order valence-electron chi connectivity index (χ1n) is 4.85. The summed E-state index contributed by atoms with van der Waals surface area (Å²) in [6.07, 6.45) is 0. The van der Waals surface area contributed by atoms with E-state index in [1.165, 1.54) is 9.80 Å². The summed E-state index contributed by atoms with van der Waals surface area (Å²) in [5, 5.41) is 3.16. The lowest BCUT2D eigenvalue weighted by Crippen LogP contribution is -2.42. The summed E-state index contributed by atoms with van der Waals surface area (Å²) in [5.41, 5.74) is 0. The fourth-order valence-electron chi connectivity index (χ4n) is 1.54. The lowest BCUT2D eigenvalue weighted by Gasteiger charge is -2.19. The first kappa shape index (κ1) is 11.0. The van der Waals surface area contributed by atoms with Crippen molar-refractivity contribution in [3.05, 3.63) is 0 Å². The largest absolute Gasteiger partial charge is 0.327 e. The van der Waals surface area contributed by atoms with E-state index in [9.17, 15) is 9.59 Å². The molecule has 0 spiro atoms. The van der Waals surface area contributed by atoms with Gasteiger partial charge >= 0.3 is 6.03 Å². The number of amides is 3. The zero-order valence-corrected chi connectivity index (χ0v) is 8.91. The van der Waals surface area contributed by atoms with Gasteiger partial charge in [-0.05, 0) is 13.5 Å². The van der Waals surface area contributed by atoms with Crippen LogP contribution >= 0.6 is 0 Å². The number of hydrogen-bond donors (Lipinski definition) is 1. The fourth-order valence-corrected chi connectivity index (χ4v) is 1.54. The molecule has 1 fully saturated rings. The van der Waals surface area contributed by atoms with E-state index < -0.39 is 0 Å². The second-order valence-electron chi connectivity index (χ2n) is 3.60. The fraction of sp³-hybridized carbons (Fsp3) is 0.778. The normalized spacial score (nSPS) is 19.4. The van der Waals surface area contributed by atoms with Gasteiger partial charge in [0.05, 0.1) is 0 Å². The van der Waals surface area contributed by atoms with E-state index >= 15 is 0 Å². The highest BCUT2D eigenvalue weighted by Gasteiger charge is 2.33. The minimum absolute atomic E-state index is 0.109. The molecule has 3 amide bonds. The van der Waals surface area contributed by atoms with Crippen LogP contribution in [-0.4, -0.2) is 54.5 Å². The third kappa shape index (κ3) is 2.23. The number of carbonyl (C=O) groups is 2. The average Bonchev–Trinajstić information content (AvgIpc) is 2.33. The van der Waals surface area contributed by atoms with E-state index in [4.69, 9.17) is 0 Å². The van der Waals surface area contributed by atoms with Gasteiger partial charge in [0.15, 0.2) is 0 Å². The molecule has 1 rings (SSSR count). The summed E-state index contributed by atoms with van der Waals surface area (Å²) in [6, 6.07) is -0.0425. The van der Waals surface area contributed by atoms with Crippen LogP contribution in [0.15, 0.2) is 0 Å². The van der Waals surface area contributed by atoms with Gasteiger partial charge in [0.25, 0.3) is 0 Å². The number of hydrogen-bond acceptors (Lipinski definition) is 3. The molecule has 14 heavy (non-hydrogen) atoms. The van der Waals surface area contributed by atoms with Crippen LogP contribution in [0.2, 0.25) is 0 Å². The van der Waals surface area contributed by atoms with Gasteiger partial charge in [-0.15, -0.1) is 0 Å². The first-order valence-corrected chi connectivity index (χ1v) is 4.85. The smallest absolute Gasteiger partial charge is 0.318 e. The number of carbonyl (C=O) groups excluding carboxylic acids is 2. The summed E-state index contributed by atoms with van der Waals surface area (Å²) < 4.78 is 0. The number of urea groups is 1. The zero-order valence-electron chi connectivity index (χ0n) is 8.91. The number of nitrogens with one attached hydrogen (secondary N) is 1. The highest BCUT2D eigenvalue weighted by Crippen LogP contribution is 2.08. The first-order chi connectivity index (χ1) is 6.56. The molecule has 5 heteroatoms. The molecule has 0 radical (unpaired) electrons. The van der Waals surface area contributed by atoms with Crippen LogP contribution in [0.5, 0.6) is 0 Å². The molecule has 0 aromatic carbocycles. The Labute approximate surface area is 84.0 Å². The second kappa shape index (κ2) is 4.41. The molecule has 1 unspecified atom stereocenters. The van der Waals surface area contributed by atoms with Gasteiger partial charge in [0.2, 0.25) is 5.91 Å². The van der Waals surface area contributed by atoms with Gasteiger partial charge in [0, 0.05) is 19.6 Å². The summed E-state index contributed by atoms with van der Waals surface area (Å²) in [5.74, 6) is -0.109. The van der Waals surface area contributed by atoms with Crippen LogP contribution in [0.3, 0.4) is 0 Å². The molecule has 0 aromatic heterocycles. The Hall–Kier alpha value is -1.10. The molecule has 0 aromatic rings. The maximum atomic E-state index is 11.5. The van der Waals surface area contributed by atoms with E-state index in [1.54, 1.807) is 7.05 Å². The molecule has 1 aliphatic rings. The quantitative estimate of drug-likeness (QED) is 0.642. The van der Waals surface area contributed by atoms with Crippen molar-refractivity contribution in [1.82, 2.24) is 15.1 Å². The zero-order chi connectivity index (χ0) is 10.7. The molecule has 0 saturated carbocycles. The van der Waals surface area contributed by atoms with E-state index in [-0.39, 0.29) is 24.5 Å². The molecule has 0 bridgehead atoms. The third-order valence-corrected chi connectivity index (χ3v) is 2.24. The number of rotatable bonds is 4. The molecule has 0 aliphatic carbocycles. The lowest BCUT2D eigenvalue weighted by molar-refractivity contribution is -0.125. The standard InChI is InChI=1S/C9H17N3O2/c1-4-10-7(2)5-12-8(13)6-11(3)9(12)14/h7,10H,4-6H2,1-3H3. The second-order valence-corrected chi connectivity index (χ2v) is 3.60. The Morgan fingerprint density at radius 1 is 1.50 bits per heavy atom. The Morgan fingerprint density at radius 3 is 2.57 bits per heavy atom. The molecule has 1 heterocycles. The van der Waals surface area contributed by atoms with Crippen LogP contribution in [0.25, 0.3) is 0 Å². The average molecular weight is 199 g/mol. The number of imide groups is 1. The van der Waals surface area contributed by atoms with Crippen LogP contribution in [0.4, 0.5) is 4.79 Å². The minimum atomic E-state index is -0.195. The number of nitrogens with zero attached hydrogens (tertiary/aromatic N) is 2. The Bertz CT molecular complexity index is 242. The minimum Gasteiger partial charge on any atom is -0.318 e. The predicted molar refractivity (Wildman–Crippen MR) is 52.9 cm³/mol. The van der Waals surface area contributed by atoms with Crippen molar-refractivity contribution in [2.24, 2.45) is 0 Å². The highest BCUT2D eigenvalue weighted by molar-refractivity contribution is 6.01. The van der Waals surface area contributed by atoms with Gasteiger partial charge < -0.3 is 10.2 Å². The van der Waals surface area contributed by atoms with Crippen LogP contribution < -0.4 is 5.32 Å². The Kier molecular flexibility index (Phi) is 3.46. The molecular formula is C9H17N3O2. The maximum Gasteiger partial charge on any atom is 0.327 e. The molecule has 1 atom stereocenters. The van der Waals surface area contributed by atoms with Gasteiger partial charge in [-0.1, -0.05) is 6.92 Å². The molecule has 1 aliphatic heterocycles. The van der Waals surface area contributed by atoms with Gasteiger partial charge in [-0.25, -0.2) is 4.79 Å². The highest BCUT2D eigenvalue weighted by atomic mass is 16.2. The molecule has 1 N–H and O–H groups in total. The van der Waals surface area contributed by atoms with Gasteiger partial charge in [-0.3, -0.25) is 9.69 Å². The van der Waals surface area contributed by atoms with E-state index in [2.05, 4.69) is 5.32 Å². The van der Waals surface area contributed by atoms with Gasteiger partial charge in [0.1, 0.15) is 6.54 Å². The van der Waals surface area contributed by atoms with Crippen molar-refractivity contribution in [2.45, 2.75) is 19.9 Å². The Morgan fingerprint density at radius 2 is 2.14 bits per heavy atom. The number of likely N-dealkylation sites (N-methyl/N-ethyl adjacent to an activating group) is 2. The SMILES string of the molecule is CCNC(C)CN1C(=O)CN(C)C1=O. The van der Waals surface area contributed by atoms with Crippen molar-refractivity contribution >= 4 is 11.9 Å². The van der Waals surface area contributed by atoms with Crippen LogP contribution in [-0.2, 0) is 4.79 Å². The van der Waals surface area contributed by atoms with E-state index in [0.29, 0.717) is 6.54 Å². The Balaban J connectivity index is 2.51. The van der Waals surface area contributed by atoms with Crippen LogP contribution in [0, 0.1) is 0 Å². The molecule has 5 nitrogen and oxygen atoms in total. The van der Waals surface area contributed by atoms with E-state index in [1.807, 2.05) is 13.8 Å². The summed E-state index contributed by atoms with van der Waals surface area (Å²) in [6.45, 7) is 5.46.